The molecule has 4 heteroatoms. The van der Waals surface area contributed by atoms with Crippen LogP contribution < -0.4 is 5.32 Å². The van der Waals surface area contributed by atoms with Gasteiger partial charge in [-0.25, -0.2) is 4.98 Å². The standard InChI is InChI=1S/C13H17N3S/c1-3-14-10(2)12-9-16-13(17-12)8-11-6-4-5-7-15-11/h4-7,9-10,14H,3,8H2,1-2H3. The maximum absolute atomic E-state index is 4.45. The third-order valence-electron chi connectivity index (χ3n) is 2.57. The van der Waals surface area contributed by atoms with Crippen molar-refractivity contribution in [1.82, 2.24) is 15.3 Å². The van der Waals surface area contributed by atoms with E-state index in [1.807, 2.05) is 30.6 Å². The summed E-state index contributed by atoms with van der Waals surface area (Å²) in [7, 11) is 0. The average Bonchev–Trinajstić information content (AvgIpc) is 2.79. The van der Waals surface area contributed by atoms with Gasteiger partial charge in [0.1, 0.15) is 0 Å². The van der Waals surface area contributed by atoms with Gasteiger partial charge in [-0.15, -0.1) is 11.3 Å². The van der Waals surface area contributed by atoms with E-state index >= 15 is 0 Å². The van der Waals surface area contributed by atoms with Crippen molar-refractivity contribution >= 4 is 11.3 Å². The monoisotopic (exact) mass is 247 g/mol. The predicted molar refractivity (Wildman–Crippen MR) is 71.2 cm³/mol. The molecule has 0 amide bonds. The van der Waals surface area contributed by atoms with Gasteiger partial charge in [-0.1, -0.05) is 13.0 Å². The second kappa shape index (κ2) is 5.89. The minimum atomic E-state index is 0.384. The van der Waals surface area contributed by atoms with Crippen molar-refractivity contribution in [2.75, 3.05) is 6.54 Å². The van der Waals surface area contributed by atoms with Gasteiger partial charge in [-0.3, -0.25) is 4.98 Å². The molecule has 0 saturated carbocycles. The van der Waals surface area contributed by atoms with Gasteiger partial charge in [-0.05, 0) is 25.6 Å². The number of rotatable bonds is 5. The molecule has 0 saturated heterocycles. The molecule has 3 nitrogen and oxygen atoms in total. The first-order chi connectivity index (χ1) is 8.29. The number of hydrogen-bond donors (Lipinski definition) is 1. The lowest BCUT2D eigenvalue weighted by Gasteiger charge is -2.08. The van der Waals surface area contributed by atoms with E-state index in [4.69, 9.17) is 0 Å². The number of pyridine rings is 1. The van der Waals surface area contributed by atoms with Crippen molar-refractivity contribution in [3.05, 3.63) is 46.2 Å². The summed E-state index contributed by atoms with van der Waals surface area (Å²) in [5, 5.41) is 4.52. The van der Waals surface area contributed by atoms with Crippen LogP contribution in [-0.2, 0) is 6.42 Å². The van der Waals surface area contributed by atoms with Crippen LogP contribution in [0, 0.1) is 0 Å². The summed E-state index contributed by atoms with van der Waals surface area (Å²) in [6.07, 6.45) is 4.62. The third-order valence-corrected chi connectivity index (χ3v) is 3.75. The lowest BCUT2D eigenvalue weighted by atomic mass is 10.3. The first kappa shape index (κ1) is 12.2. The molecule has 0 spiro atoms. The normalized spacial score (nSPS) is 12.6. The zero-order valence-electron chi connectivity index (χ0n) is 10.2. The average molecular weight is 247 g/mol. The molecular weight excluding hydrogens is 230 g/mol. The van der Waals surface area contributed by atoms with E-state index in [9.17, 15) is 0 Å². The molecule has 0 aliphatic heterocycles. The SMILES string of the molecule is CCNC(C)c1cnc(Cc2ccccn2)s1. The van der Waals surface area contributed by atoms with Crippen LogP contribution in [0.2, 0.25) is 0 Å². The number of nitrogens with one attached hydrogen (secondary N) is 1. The summed E-state index contributed by atoms with van der Waals surface area (Å²) in [6, 6.07) is 6.37. The molecular formula is C13H17N3S. The lowest BCUT2D eigenvalue weighted by Crippen LogP contribution is -2.16. The quantitative estimate of drug-likeness (QED) is 0.883. The van der Waals surface area contributed by atoms with Gasteiger partial charge in [0.15, 0.2) is 0 Å². The molecule has 0 fully saturated rings. The molecule has 1 atom stereocenters. The van der Waals surface area contributed by atoms with Crippen molar-refractivity contribution in [2.45, 2.75) is 26.3 Å². The zero-order valence-corrected chi connectivity index (χ0v) is 11.0. The number of nitrogens with zero attached hydrogens (tertiary/aromatic N) is 2. The first-order valence-corrected chi connectivity index (χ1v) is 6.69. The molecule has 1 N–H and O–H groups in total. The Labute approximate surface area is 106 Å². The lowest BCUT2D eigenvalue weighted by molar-refractivity contribution is 0.606. The molecule has 90 valence electrons. The second-order valence-electron chi connectivity index (χ2n) is 3.93. The van der Waals surface area contributed by atoms with Gasteiger partial charge < -0.3 is 5.32 Å². The van der Waals surface area contributed by atoms with E-state index in [0.29, 0.717) is 6.04 Å². The van der Waals surface area contributed by atoms with Crippen LogP contribution in [0.25, 0.3) is 0 Å². The first-order valence-electron chi connectivity index (χ1n) is 5.87. The Kier molecular flexibility index (Phi) is 4.23. The van der Waals surface area contributed by atoms with Crippen LogP contribution in [-0.4, -0.2) is 16.5 Å². The van der Waals surface area contributed by atoms with E-state index in [1.165, 1.54) is 4.88 Å². The number of hydrogen-bond acceptors (Lipinski definition) is 4. The molecule has 0 bridgehead atoms. The fourth-order valence-electron chi connectivity index (χ4n) is 1.67. The van der Waals surface area contributed by atoms with Crippen molar-refractivity contribution in [3.63, 3.8) is 0 Å². The third kappa shape index (κ3) is 3.35. The van der Waals surface area contributed by atoms with Crippen LogP contribution in [0.1, 0.15) is 35.5 Å². The molecule has 0 aromatic carbocycles. The van der Waals surface area contributed by atoms with E-state index in [0.717, 1.165) is 23.7 Å². The summed E-state index contributed by atoms with van der Waals surface area (Å²) in [4.78, 5) is 10.1. The van der Waals surface area contributed by atoms with Crippen LogP contribution in [0.5, 0.6) is 0 Å². The molecule has 2 rings (SSSR count). The minimum absolute atomic E-state index is 0.384. The Morgan fingerprint density at radius 2 is 2.24 bits per heavy atom. The summed E-state index contributed by atoms with van der Waals surface area (Å²) in [5.74, 6) is 0. The Hall–Kier alpha value is -1.26. The molecule has 0 aliphatic rings. The summed E-state index contributed by atoms with van der Waals surface area (Å²) < 4.78 is 0. The van der Waals surface area contributed by atoms with Gasteiger partial charge in [0.05, 0.1) is 5.01 Å². The van der Waals surface area contributed by atoms with Crippen LogP contribution in [0.3, 0.4) is 0 Å². The molecule has 2 aromatic heterocycles. The Bertz CT molecular complexity index is 453. The topological polar surface area (TPSA) is 37.8 Å². The maximum Gasteiger partial charge on any atom is 0.0987 e. The van der Waals surface area contributed by atoms with Gasteiger partial charge in [0.25, 0.3) is 0 Å². The van der Waals surface area contributed by atoms with Crippen molar-refractivity contribution in [3.8, 4) is 0 Å². The zero-order chi connectivity index (χ0) is 12.1. The Morgan fingerprint density at radius 3 is 2.94 bits per heavy atom. The minimum Gasteiger partial charge on any atom is -0.310 e. The molecule has 0 radical (unpaired) electrons. The van der Waals surface area contributed by atoms with Gasteiger partial charge >= 0.3 is 0 Å². The van der Waals surface area contributed by atoms with Crippen LogP contribution in [0.4, 0.5) is 0 Å². The molecule has 2 heterocycles. The highest BCUT2D eigenvalue weighted by atomic mass is 32.1. The summed E-state index contributed by atoms with van der Waals surface area (Å²) >= 11 is 1.76. The fraction of sp³-hybridized carbons (Fsp3) is 0.385. The summed E-state index contributed by atoms with van der Waals surface area (Å²) in [5.41, 5.74) is 1.07. The second-order valence-corrected chi connectivity index (χ2v) is 5.08. The van der Waals surface area contributed by atoms with Crippen molar-refractivity contribution in [1.29, 1.82) is 0 Å². The fourth-order valence-corrected chi connectivity index (χ4v) is 2.63. The molecule has 2 aromatic rings. The smallest absolute Gasteiger partial charge is 0.0987 e. The molecule has 17 heavy (non-hydrogen) atoms. The highest BCUT2D eigenvalue weighted by Gasteiger charge is 2.09. The maximum atomic E-state index is 4.45. The van der Waals surface area contributed by atoms with Gasteiger partial charge in [-0.2, -0.15) is 0 Å². The summed E-state index contributed by atoms with van der Waals surface area (Å²) in [6.45, 7) is 5.27. The number of aromatic nitrogens is 2. The molecule has 0 aliphatic carbocycles. The van der Waals surface area contributed by atoms with Gasteiger partial charge in [0.2, 0.25) is 0 Å². The Morgan fingerprint density at radius 1 is 1.35 bits per heavy atom. The largest absolute Gasteiger partial charge is 0.310 e. The highest BCUT2D eigenvalue weighted by molar-refractivity contribution is 7.11. The Balaban J connectivity index is 2.04. The van der Waals surface area contributed by atoms with Gasteiger partial charge in [0, 0.05) is 35.4 Å². The van der Waals surface area contributed by atoms with Crippen molar-refractivity contribution < 1.29 is 0 Å². The number of thiazole rings is 1. The van der Waals surface area contributed by atoms with E-state index < -0.39 is 0 Å². The van der Waals surface area contributed by atoms with Crippen LogP contribution >= 0.6 is 11.3 Å². The van der Waals surface area contributed by atoms with E-state index in [1.54, 1.807) is 11.3 Å². The predicted octanol–water partition coefficient (Wildman–Crippen LogP) is 2.80. The van der Waals surface area contributed by atoms with E-state index in [2.05, 4.69) is 29.1 Å². The van der Waals surface area contributed by atoms with E-state index in [-0.39, 0.29) is 0 Å². The molecule has 1 unspecified atom stereocenters. The van der Waals surface area contributed by atoms with Crippen molar-refractivity contribution in [2.24, 2.45) is 0 Å². The van der Waals surface area contributed by atoms with Crippen LogP contribution in [0.15, 0.2) is 30.6 Å². The highest BCUT2D eigenvalue weighted by Crippen LogP contribution is 2.21.